The van der Waals surface area contributed by atoms with Crippen molar-refractivity contribution in [1.29, 1.82) is 0 Å². The maximum Gasteiger partial charge on any atom is 0.0490 e. The van der Waals surface area contributed by atoms with Crippen molar-refractivity contribution in [2.24, 2.45) is 5.73 Å². The number of nitrogens with two attached hydrogens (primary N) is 1. The van der Waals surface area contributed by atoms with Crippen molar-refractivity contribution < 1.29 is 0 Å². The van der Waals surface area contributed by atoms with Crippen LogP contribution in [-0.2, 0) is 6.54 Å². The van der Waals surface area contributed by atoms with E-state index in [9.17, 15) is 0 Å². The molecule has 0 saturated carbocycles. The molecule has 0 atom stereocenters. The normalized spacial score (nSPS) is 11.4. The van der Waals surface area contributed by atoms with Crippen LogP contribution in [0.25, 0.3) is 5.57 Å². The van der Waals surface area contributed by atoms with Crippen LogP contribution in [0, 0.1) is 13.8 Å². The van der Waals surface area contributed by atoms with E-state index in [4.69, 9.17) is 17.3 Å². The van der Waals surface area contributed by atoms with Crippen LogP contribution in [0.4, 0.5) is 0 Å². The van der Waals surface area contributed by atoms with Crippen molar-refractivity contribution in [3.05, 3.63) is 87.7 Å². The first-order valence-electron chi connectivity index (χ1n) is 7.60. The van der Waals surface area contributed by atoms with Gasteiger partial charge in [-0.25, -0.2) is 0 Å². The second kappa shape index (κ2) is 7.38. The molecule has 2 nitrogen and oxygen atoms in total. The minimum Gasteiger partial charge on any atom is -0.403 e. The smallest absolute Gasteiger partial charge is 0.0490 e. The number of aryl methyl sites for hydroxylation is 2. The van der Waals surface area contributed by atoms with Crippen LogP contribution >= 0.6 is 11.6 Å². The third-order valence-electron chi connectivity index (χ3n) is 3.87. The number of halogens is 1. The lowest BCUT2D eigenvalue weighted by Crippen LogP contribution is -2.12. The lowest BCUT2D eigenvalue weighted by molar-refractivity contribution is 0.807. The number of nitrogens with one attached hydrogen (secondary N) is 1. The lowest BCUT2D eigenvalue weighted by atomic mass is 9.94. The monoisotopic (exact) mass is 326 g/mol. The Hall–Kier alpha value is -2.19. The predicted octanol–water partition coefficient (Wildman–Crippen LogP) is 4.93. The average Bonchev–Trinajstić information content (AvgIpc) is 2.52. The first-order valence-corrected chi connectivity index (χ1v) is 7.98. The quantitative estimate of drug-likeness (QED) is 0.817. The first-order chi connectivity index (χ1) is 10.9. The maximum absolute atomic E-state index is 6.53. The molecular formula is C20H23ClN2. The number of benzene rings is 2. The fraction of sp³-hybridized carbons (Fsp3) is 0.200. The van der Waals surface area contributed by atoms with Crippen molar-refractivity contribution in [3.8, 4) is 0 Å². The molecule has 0 heterocycles. The minimum absolute atomic E-state index is 0.692. The topological polar surface area (TPSA) is 38.0 Å². The molecule has 120 valence electrons. The first kappa shape index (κ1) is 17.2. The standard InChI is InChI=1S/C20H23ClN2/c1-13-5-7-18(8-6-13)16(4)20-14(2)9-17(10-19(20)21)12-23-15(3)11-22/h5-11,23H,4,12,22H2,1-3H3/b15-11-. The van der Waals surface area contributed by atoms with Gasteiger partial charge < -0.3 is 11.1 Å². The third kappa shape index (κ3) is 4.17. The summed E-state index contributed by atoms with van der Waals surface area (Å²) < 4.78 is 0. The van der Waals surface area contributed by atoms with E-state index in [2.05, 4.69) is 56.1 Å². The van der Waals surface area contributed by atoms with E-state index < -0.39 is 0 Å². The number of hydrogen-bond donors (Lipinski definition) is 2. The van der Waals surface area contributed by atoms with Gasteiger partial charge in [0.15, 0.2) is 0 Å². The Labute approximate surface area is 143 Å². The van der Waals surface area contributed by atoms with Gasteiger partial charge in [-0.3, -0.25) is 0 Å². The minimum atomic E-state index is 0.692. The molecule has 23 heavy (non-hydrogen) atoms. The van der Waals surface area contributed by atoms with Gasteiger partial charge in [-0.15, -0.1) is 0 Å². The maximum atomic E-state index is 6.53. The zero-order valence-electron chi connectivity index (χ0n) is 13.9. The predicted molar refractivity (Wildman–Crippen MR) is 100 cm³/mol. The summed E-state index contributed by atoms with van der Waals surface area (Å²) in [7, 11) is 0. The van der Waals surface area contributed by atoms with E-state index in [1.165, 1.54) is 5.56 Å². The Bertz CT molecular complexity index is 720. The Morgan fingerprint density at radius 1 is 1.22 bits per heavy atom. The Balaban J connectivity index is 2.29. The van der Waals surface area contributed by atoms with Crippen LogP contribution in [0.3, 0.4) is 0 Å². The molecule has 0 spiro atoms. The molecule has 2 aromatic carbocycles. The summed E-state index contributed by atoms with van der Waals surface area (Å²) in [6.07, 6.45) is 1.56. The van der Waals surface area contributed by atoms with E-state index in [0.717, 1.165) is 38.5 Å². The molecule has 3 N–H and O–H groups in total. The van der Waals surface area contributed by atoms with Gasteiger partial charge in [0.2, 0.25) is 0 Å². The fourth-order valence-electron chi connectivity index (χ4n) is 2.50. The molecule has 0 aliphatic carbocycles. The van der Waals surface area contributed by atoms with E-state index in [-0.39, 0.29) is 0 Å². The molecule has 0 aliphatic heterocycles. The van der Waals surface area contributed by atoms with Crippen LogP contribution in [0.1, 0.15) is 34.7 Å². The highest BCUT2D eigenvalue weighted by molar-refractivity contribution is 6.32. The van der Waals surface area contributed by atoms with Gasteiger partial charge in [0, 0.05) is 29.0 Å². The summed E-state index contributed by atoms with van der Waals surface area (Å²) in [6.45, 7) is 11.0. The SMILES string of the molecule is C=C(c1ccc(C)cc1)c1c(C)cc(CN/C(C)=C\N)cc1Cl. The van der Waals surface area contributed by atoms with Gasteiger partial charge in [0.05, 0.1) is 0 Å². The Kier molecular flexibility index (Phi) is 5.51. The van der Waals surface area contributed by atoms with Crippen LogP contribution in [0.5, 0.6) is 0 Å². The molecule has 0 fully saturated rings. The van der Waals surface area contributed by atoms with E-state index >= 15 is 0 Å². The molecule has 0 saturated heterocycles. The van der Waals surface area contributed by atoms with Gasteiger partial charge in [-0.1, -0.05) is 54.1 Å². The molecular weight excluding hydrogens is 304 g/mol. The molecule has 0 unspecified atom stereocenters. The highest BCUT2D eigenvalue weighted by Crippen LogP contribution is 2.32. The summed E-state index contributed by atoms with van der Waals surface area (Å²) in [6, 6.07) is 12.5. The van der Waals surface area contributed by atoms with Crippen LogP contribution in [0.15, 0.2) is 54.9 Å². The van der Waals surface area contributed by atoms with Crippen molar-refractivity contribution in [1.82, 2.24) is 5.32 Å². The second-order valence-electron chi connectivity index (χ2n) is 5.82. The van der Waals surface area contributed by atoms with Crippen molar-refractivity contribution in [2.75, 3.05) is 0 Å². The molecule has 0 aliphatic rings. The second-order valence-corrected chi connectivity index (χ2v) is 6.22. The largest absolute Gasteiger partial charge is 0.403 e. The van der Waals surface area contributed by atoms with Gasteiger partial charge >= 0.3 is 0 Å². The van der Waals surface area contributed by atoms with E-state index in [0.29, 0.717) is 6.54 Å². The molecule has 0 amide bonds. The Morgan fingerprint density at radius 3 is 2.43 bits per heavy atom. The molecule has 0 aromatic heterocycles. The van der Waals surface area contributed by atoms with Crippen molar-refractivity contribution in [3.63, 3.8) is 0 Å². The Morgan fingerprint density at radius 2 is 1.87 bits per heavy atom. The highest BCUT2D eigenvalue weighted by Gasteiger charge is 2.11. The zero-order chi connectivity index (χ0) is 17.0. The summed E-state index contributed by atoms with van der Waals surface area (Å²) in [5.74, 6) is 0. The van der Waals surface area contributed by atoms with Crippen molar-refractivity contribution >= 4 is 17.2 Å². The third-order valence-corrected chi connectivity index (χ3v) is 4.17. The number of rotatable bonds is 5. The molecule has 2 aromatic rings. The highest BCUT2D eigenvalue weighted by atomic mass is 35.5. The van der Waals surface area contributed by atoms with Crippen LogP contribution in [-0.4, -0.2) is 0 Å². The van der Waals surface area contributed by atoms with Crippen molar-refractivity contribution in [2.45, 2.75) is 27.3 Å². The van der Waals surface area contributed by atoms with E-state index in [1.54, 1.807) is 6.20 Å². The zero-order valence-corrected chi connectivity index (χ0v) is 14.7. The van der Waals surface area contributed by atoms with Gasteiger partial charge in [-0.05, 0) is 49.1 Å². The lowest BCUT2D eigenvalue weighted by Gasteiger charge is -2.15. The van der Waals surface area contributed by atoms with Gasteiger partial charge in [0.25, 0.3) is 0 Å². The number of hydrogen-bond acceptors (Lipinski definition) is 2. The van der Waals surface area contributed by atoms with Crippen LogP contribution in [0.2, 0.25) is 5.02 Å². The van der Waals surface area contributed by atoms with Gasteiger partial charge in [-0.2, -0.15) is 0 Å². The summed E-state index contributed by atoms with van der Waals surface area (Å²) in [4.78, 5) is 0. The number of allylic oxidation sites excluding steroid dienone is 1. The summed E-state index contributed by atoms with van der Waals surface area (Å²) in [5.41, 5.74) is 12.9. The summed E-state index contributed by atoms with van der Waals surface area (Å²) >= 11 is 6.53. The van der Waals surface area contributed by atoms with E-state index in [1.807, 2.05) is 13.0 Å². The fourth-order valence-corrected chi connectivity index (χ4v) is 2.90. The molecule has 3 heteroatoms. The van der Waals surface area contributed by atoms with Gasteiger partial charge in [0.1, 0.15) is 0 Å². The average molecular weight is 327 g/mol. The van der Waals surface area contributed by atoms with Crippen LogP contribution < -0.4 is 11.1 Å². The summed E-state index contributed by atoms with van der Waals surface area (Å²) in [5, 5.41) is 3.97. The molecule has 0 bridgehead atoms. The molecule has 2 rings (SSSR count). The molecule has 0 radical (unpaired) electrons.